The van der Waals surface area contributed by atoms with Crippen molar-refractivity contribution in [3.8, 4) is 22.3 Å². The van der Waals surface area contributed by atoms with Crippen molar-refractivity contribution in [1.82, 2.24) is 4.98 Å². The fourth-order valence-electron chi connectivity index (χ4n) is 2.50. The molecule has 0 aliphatic rings. The number of hydrogen-bond donors (Lipinski definition) is 0. The van der Waals surface area contributed by atoms with Crippen molar-refractivity contribution in [1.29, 1.82) is 0 Å². The van der Waals surface area contributed by atoms with E-state index in [1.807, 2.05) is 6.07 Å². The van der Waals surface area contributed by atoms with E-state index < -0.39 is 16.9 Å². The van der Waals surface area contributed by atoms with Crippen LogP contribution < -0.4 is 0 Å². The summed E-state index contributed by atoms with van der Waals surface area (Å²) in [7, 11) is 0. The van der Waals surface area contributed by atoms with Crippen LogP contribution in [-0.4, -0.2) is 13.7 Å². The van der Waals surface area contributed by atoms with E-state index >= 15 is 0 Å². The lowest BCUT2D eigenvalue weighted by atomic mass is 9.96. The average molecular weight is 395 g/mol. The zero-order valence-corrected chi connectivity index (χ0v) is 15.0. The molecule has 1 aromatic heterocycles. The highest BCUT2D eigenvalue weighted by Crippen LogP contribution is 2.35. The molecule has 1 unspecified atom stereocenters. The minimum absolute atomic E-state index is 0.122. The molecule has 1 atom stereocenters. The second-order valence-electron chi connectivity index (χ2n) is 5.30. The molecule has 1 heterocycles. The van der Waals surface area contributed by atoms with Crippen LogP contribution in [0.1, 0.15) is 5.56 Å². The molecule has 0 bridgehead atoms. The van der Waals surface area contributed by atoms with Gasteiger partial charge in [0.05, 0.1) is 10.0 Å². The van der Waals surface area contributed by atoms with Crippen LogP contribution in [0.25, 0.3) is 22.3 Å². The van der Waals surface area contributed by atoms with Gasteiger partial charge in [-0.1, -0.05) is 52.5 Å². The largest absolute Gasteiger partial charge is 0.772 e. The van der Waals surface area contributed by atoms with Gasteiger partial charge in [0.15, 0.2) is 0 Å². The topological polar surface area (TPSA) is 53.0 Å². The van der Waals surface area contributed by atoms with Gasteiger partial charge in [-0.2, -0.15) is 0 Å². The summed E-state index contributed by atoms with van der Waals surface area (Å²) in [5.41, 5.74) is 3.05. The van der Waals surface area contributed by atoms with E-state index in [0.29, 0.717) is 21.2 Å². The smallest absolute Gasteiger partial charge is 0.127 e. The van der Waals surface area contributed by atoms with Gasteiger partial charge in [0.1, 0.15) is 5.82 Å². The third-order valence-corrected chi connectivity index (χ3v) is 4.97. The van der Waals surface area contributed by atoms with Gasteiger partial charge in [-0.05, 0) is 46.5 Å². The fraction of sp³-hybridized carbons (Fsp3) is 0.0556. The highest BCUT2D eigenvalue weighted by atomic mass is 35.5. The molecule has 3 nitrogen and oxygen atoms in total. The van der Waals surface area contributed by atoms with E-state index in [4.69, 9.17) is 23.2 Å². The predicted octanol–water partition coefficient (Wildman–Crippen LogP) is 5.24. The first kappa shape index (κ1) is 18.0. The molecular formula is C18H11Cl2FNO2S-. The number of pyridine rings is 1. The van der Waals surface area contributed by atoms with E-state index in [1.54, 1.807) is 36.7 Å². The molecule has 0 N–H and O–H groups in total. The van der Waals surface area contributed by atoms with Gasteiger partial charge in [0.25, 0.3) is 0 Å². The predicted molar refractivity (Wildman–Crippen MR) is 97.7 cm³/mol. The number of hydrogen-bond acceptors (Lipinski definition) is 3. The van der Waals surface area contributed by atoms with Crippen molar-refractivity contribution in [3.05, 3.63) is 76.3 Å². The SMILES string of the molecule is O=S([O-])Cc1ccc(-c2cnccc2-c2ccc(Cl)c(Cl)c2)cc1F. The molecule has 0 aliphatic heterocycles. The van der Waals surface area contributed by atoms with Crippen LogP contribution in [0.5, 0.6) is 0 Å². The molecule has 25 heavy (non-hydrogen) atoms. The van der Waals surface area contributed by atoms with E-state index in [-0.39, 0.29) is 11.3 Å². The maximum atomic E-state index is 14.2. The first-order valence-electron chi connectivity index (χ1n) is 7.20. The van der Waals surface area contributed by atoms with E-state index in [1.165, 1.54) is 12.1 Å². The van der Waals surface area contributed by atoms with E-state index in [2.05, 4.69) is 4.98 Å². The number of halogens is 3. The molecule has 128 valence electrons. The minimum atomic E-state index is -2.35. The lowest BCUT2D eigenvalue weighted by molar-refractivity contribution is 0.533. The Kier molecular flexibility index (Phi) is 5.49. The van der Waals surface area contributed by atoms with Crippen LogP contribution in [0.2, 0.25) is 10.0 Å². The lowest BCUT2D eigenvalue weighted by Crippen LogP contribution is -1.97. The molecule has 0 saturated carbocycles. The van der Waals surface area contributed by atoms with Crippen LogP contribution in [0.15, 0.2) is 54.9 Å². The Labute approximate surface area is 156 Å². The number of aromatic nitrogens is 1. The summed E-state index contributed by atoms with van der Waals surface area (Å²) in [6.07, 6.45) is 3.25. The molecule has 2 aromatic carbocycles. The van der Waals surface area contributed by atoms with Crippen molar-refractivity contribution in [2.45, 2.75) is 5.75 Å². The summed E-state index contributed by atoms with van der Waals surface area (Å²) in [4.78, 5) is 4.11. The van der Waals surface area contributed by atoms with Gasteiger partial charge in [0, 0.05) is 23.7 Å². The molecule has 0 radical (unpaired) electrons. The first-order chi connectivity index (χ1) is 12.0. The molecule has 7 heteroatoms. The van der Waals surface area contributed by atoms with Crippen LogP contribution in [0.3, 0.4) is 0 Å². The average Bonchev–Trinajstić information content (AvgIpc) is 2.59. The number of nitrogens with zero attached hydrogens (tertiary/aromatic N) is 1. The molecule has 0 spiro atoms. The number of rotatable bonds is 4. The summed E-state index contributed by atoms with van der Waals surface area (Å²) in [6.45, 7) is 0. The van der Waals surface area contributed by atoms with Gasteiger partial charge in [-0.25, -0.2) is 4.39 Å². The van der Waals surface area contributed by atoms with E-state index in [9.17, 15) is 13.2 Å². The molecule has 0 amide bonds. The Morgan fingerprint density at radius 3 is 2.40 bits per heavy atom. The molecule has 0 fully saturated rings. The van der Waals surface area contributed by atoms with Crippen molar-refractivity contribution in [2.75, 3.05) is 0 Å². The van der Waals surface area contributed by atoms with Gasteiger partial charge in [0.2, 0.25) is 0 Å². The lowest BCUT2D eigenvalue weighted by Gasteiger charge is -2.12. The van der Waals surface area contributed by atoms with Crippen molar-refractivity contribution >= 4 is 34.3 Å². The summed E-state index contributed by atoms with van der Waals surface area (Å²) >= 11 is 9.70. The van der Waals surface area contributed by atoms with Crippen LogP contribution >= 0.6 is 23.2 Å². The second kappa shape index (κ2) is 7.62. The maximum Gasteiger partial charge on any atom is 0.127 e. The first-order valence-corrected chi connectivity index (χ1v) is 9.20. The Hall–Kier alpha value is -1.79. The summed E-state index contributed by atoms with van der Waals surface area (Å²) in [5, 5.41) is 0.864. The summed E-state index contributed by atoms with van der Waals surface area (Å²) in [6, 6.07) is 11.5. The highest BCUT2D eigenvalue weighted by Gasteiger charge is 2.11. The quantitative estimate of drug-likeness (QED) is 0.568. The van der Waals surface area contributed by atoms with Gasteiger partial charge < -0.3 is 4.55 Å². The molecule has 3 aromatic rings. The maximum absolute atomic E-state index is 14.2. The number of benzene rings is 2. The van der Waals surface area contributed by atoms with Crippen molar-refractivity contribution in [3.63, 3.8) is 0 Å². The van der Waals surface area contributed by atoms with Gasteiger partial charge in [-0.3, -0.25) is 9.19 Å². The fourth-order valence-corrected chi connectivity index (χ4v) is 3.28. The monoisotopic (exact) mass is 394 g/mol. The Morgan fingerprint density at radius 1 is 1.00 bits per heavy atom. The second-order valence-corrected chi connectivity index (χ2v) is 7.01. The van der Waals surface area contributed by atoms with Crippen molar-refractivity contribution in [2.24, 2.45) is 0 Å². The van der Waals surface area contributed by atoms with Crippen LogP contribution in [-0.2, 0) is 16.8 Å². The van der Waals surface area contributed by atoms with Crippen LogP contribution in [0.4, 0.5) is 4.39 Å². The summed E-state index contributed by atoms with van der Waals surface area (Å²) in [5.74, 6) is -0.940. The molecular weight excluding hydrogens is 384 g/mol. The minimum Gasteiger partial charge on any atom is -0.772 e. The Morgan fingerprint density at radius 2 is 1.72 bits per heavy atom. The standard InChI is InChI=1S/C18H12Cl2FNO2S/c19-16-4-3-11(7-17(16)20)14-5-6-22-9-15(14)12-1-2-13(10-25(23)24)18(21)8-12/h1-9H,10H2,(H,23,24)/p-1. The van der Waals surface area contributed by atoms with Gasteiger partial charge in [-0.15, -0.1) is 0 Å². The summed E-state index contributed by atoms with van der Waals surface area (Å²) < 4.78 is 35.8. The normalized spacial score (nSPS) is 12.2. The molecule has 3 rings (SSSR count). The molecule has 0 saturated heterocycles. The zero-order chi connectivity index (χ0) is 18.0. The Balaban J connectivity index is 2.08. The van der Waals surface area contributed by atoms with Gasteiger partial charge >= 0.3 is 0 Å². The zero-order valence-electron chi connectivity index (χ0n) is 12.7. The van der Waals surface area contributed by atoms with Crippen molar-refractivity contribution < 1.29 is 13.2 Å². The van der Waals surface area contributed by atoms with Crippen LogP contribution in [0, 0.1) is 5.82 Å². The van der Waals surface area contributed by atoms with E-state index in [0.717, 1.165) is 11.1 Å². The third kappa shape index (κ3) is 4.07. The molecule has 0 aliphatic carbocycles. The highest BCUT2D eigenvalue weighted by molar-refractivity contribution is 7.78. The third-order valence-electron chi connectivity index (χ3n) is 3.69. The Bertz CT molecular complexity index is 966.